The summed E-state index contributed by atoms with van der Waals surface area (Å²) in [6, 6.07) is 0. The zero-order chi connectivity index (χ0) is 7.72. The minimum absolute atomic E-state index is 0.239. The van der Waals surface area contributed by atoms with Gasteiger partial charge in [-0.15, -0.1) is 0 Å². The van der Waals surface area contributed by atoms with Gasteiger partial charge in [0, 0.05) is 13.2 Å². The molecule has 54 valence electrons. The molecule has 4 nitrogen and oxygen atoms in total. The lowest BCUT2D eigenvalue weighted by molar-refractivity contribution is 0.422. The predicted molar refractivity (Wildman–Crippen MR) is 38.0 cm³/mol. The van der Waals surface area contributed by atoms with Crippen molar-refractivity contribution in [1.29, 1.82) is 0 Å². The molecular weight excluding hydrogens is 154 g/mol. The maximum atomic E-state index is 8.65. The van der Waals surface area contributed by atoms with Gasteiger partial charge >= 0.3 is 7.12 Å². The molecule has 1 rings (SSSR count). The number of aromatic nitrogens is 2. The zero-order valence-electron chi connectivity index (χ0n) is 5.32. The molecule has 0 aliphatic heterocycles. The largest absolute Gasteiger partial charge is 0.507 e. The molecule has 0 saturated carbocycles. The highest BCUT2D eigenvalue weighted by molar-refractivity contribution is 6.57. The maximum Gasteiger partial charge on any atom is 0.507 e. The third kappa shape index (κ3) is 1.16. The van der Waals surface area contributed by atoms with Crippen molar-refractivity contribution in [2.24, 2.45) is 7.05 Å². The number of nitrogens with zero attached hydrogens (tertiary/aromatic N) is 2. The van der Waals surface area contributed by atoms with E-state index in [1.165, 1.54) is 10.8 Å². The fraction of sp³-hybridized carbons (Fsp3) is 0.250. The minimum Gasteiger partial charge on any atom is -0.422 e. The highest BCUT2D eigenvalue weighted by Crippen LogP contribution is 1.99. The van der Waals surface area contributed by atoms with Gasteiger partial charge in [0.05, 0.1) is 5.59 Å². The Morgan fingerprint density at radius 1 is 1.70 bits per heavy atom. The van der Waals surface area contributed by atoms with Crippen molar-refractivity contribution in [2.45, 2.75) is 0 Å². The van der Waals surface area contributed by atoms with E-state index in [0.717, 1.165) is 0 Å². The van der Waals surface area contributed by atoms with Gasteiger partial charge in [0.25, 0.3) is 0 Å². The molecule has 0 radical (unpaired) electrons. The van der Waals surface area contributed by atoms with Crippen LogP contribution in [0.1, 0.15) is 0 Å². The smallest absolute Gasteiger partial charge is 0.422 e. The zero-order valence-corrected chi connectivity index (χ0v) is 6.08. The van der Waals surface area contributed by atoms with Crippen LogP contribution in [0.15, 0.2) is 6.20 Å². The molecule has 0 atom stereocenters. The van der Waals surface area contributed by atoms with E-state index >= 15 is 0 Å². The van der Waals surface area contributed by atoms with E-state index in [2.05, 4.69) is 4.98 Å². The molecule has 0 fully saturated rings. The Bertz CT molecular complexity index is 237. The van der Waals surface area contributed by atoms with Crippen LogP contribution in [-0.4, -0.2) is 26.7 Å². The van der Waals surface area contributed by atoms with Gasteiger partial charge in [-0.25, -0.2) is 4.98 Å². The Hall–Kier alpha value is -0.515. The molecule has 0 saturated heterocycles. The molecular formula is C4H6BClN2O2. The molecule has 0 amide bonds. The van der Waals surface area contributed by atoms with Crippen molar-refractivity contribution in [1.82, 2.24) is 9.55 Å². The summed E-state index contributed by atoms with van der Waals surface area (Å²) in [6.45, 7) is 0. The van der Waals surface area contributed by atoms with Crippen LogP contribution >= 0.6 is 11.6 Å². The van der Waals surface area contributed by atoms with Crippen molar-refractivity contribution >= 4 is 24.3 Å². The molecule has 0 aliphatic rings. The Labute approximate surface area is 63.2 Å². The summed E-state index contributed by atoms with van der Waals surface area (Å²) in [4.78, 5) is 3.65. The maximum absolute atomic E-state index is 8.65. The first-order valence-corrected chi connectivity index (χ1v) is 3.04. The molecule has 10 heavy (non-hydrogen) atoms. The molecule has 2 N–H and O–H groups in total. The highest BCUT2D eigenvalue weighted by Gasteiger charge is 2.16. The van der Waals surface area contributed by atoms with E-state index in [-0.39, 0.29) is 10.9 Å². The quantitative estimate of drug-likeness (QED) is 0.505. The van der Waals surface area contributed by atoms with E-state index in [4.69, 9.17) is 21.6 Å². The van der Waals surface area contributed by atoms with Gasteiger partial charge in [-0.3, -0.25) is 0 Å². The van der Waals surface area contributed by atoms with Crippen molar-refractivity contribution < 1.29 is 10.0 Å². The van der Waals surface area contributed by atoms with Crippen molar-refractivity contribution in [2.75, 3.05) is 0 Å². The summed E-state index contributed by atoms with van der Waals surface area (Å²) < 4.78 is 1.40. The van der Waals surface area contributed by atoms with Gasteiger partial charge in [-0.05, 0) is 11.6 Å². The number of imidazole rings is 1. The van der Waals surface area contributed by atoms with Crippen LogP contribution in [-0.2, 0) is 7.05 Å². The third-order valence-electron chi connectivity index (χ3n) is 1.23. The van der Waals surface area contributed by atoms with Gasteiger partial charge in [-0.2, -0.15) is 0 Å². The lowest BCUT2D eigenvalue weighted by Gasteiger charge is -1.98. The highest BCUT2D eigenvalue weighted by atomic mass is 35.5. The third-order valence-corrected chi connectivity index (χ3v) is 1.58. The molecule has 1 heterocycles. The average molecular weight is 160 g/mol. The molecule has 0 aromatic carbocycles. The molecule has 6 heteroatoms. The first kappa shape index (κ1) is 7.59. The molecule has 0 spiro atoms. The summed E-state index contributed by atoms with van der Waals surface area (Å²) in [5, 5.41) is 17.5. The fourth-order valence-corrected chi connectivity index (χ4v) is 0.785. The lowest BCUT2D eigenvalue weighted by atomic mass is 9.87. The van der Waals surface area contributed by atoms with Crippen LogP contribution in [0, 0.1) is 0 Å². The van der Waals surface area contributed by atoms with Crippen LogP contribution in [0.2, 0.25) is 5.28 Å². The van der Waals surface area contributed by atoms with Crippen molar-refractivity contribution in [3.8, 4) is 0 Å². The first-order valence-electron chi connectivity index (χ1n) is 2.66. The van der Waals surface area contributed by atoms with Crippen LogP contribution in [0.25, 0.3) is 0 Å². The summed E-state index contributed by atoms with van der Waals surface area (Å²) in [7, 11) is 0.0920. The topological polar surface area (TPSA) is 58.3 Å². The van der Waals surface area contributed by atoms with Crippen molar-refractivity contribution in [3.05, 3.63) is 11.5 Å². The normalized spacial score (nSPS) is 10.0. The Kier molecular flexibility index (Phi) is 1.98. The molecule has 0 aliphatic carbocycles. The Morgan fingerprint density at radius 3 is 2.50 bits per heavy atom. The lowest BCUT2D eigenvalue weighted by Crippen LogP contribution is -2.34. The number of halogens is 1. The predicted octanol–water partition coefficient (Wildman–Crippen LogP) is -1.25. The van der Waals surface area contributed by atoms with Gasteiger partial charge in [0.15, 0.2) is 0 Å². The fourth-order valence-electron chi connectivity index (χ4n) is 0.639. The second-order valence-corrected chi connectivity index (χ2v) is 2.22. The summed E-state index contributed by atoms with van der Waals surface area (Å²) in [5.41, 5.74) is 0.282. The van der Waals surface area contributed by atoms with E-state index in [9.17, 15) is 0 Å². The summed E-state index contributed by atoms with van der Waals surface area (Å²) in [5.74, 6) is 0. The average Bonchev–Trinajstić information content (AvgIpc) is 2.14. The molecule has 0 bridgehead atoms. The van der Waals surface area contributed by atoms with Gasteiger partial charge in [-0.1, -0.05) is 0 Å². The van der Waals surface area contributed by atoms with Crippen LogP contribution in [0.3, 0.4) is 0 Å². The SMILES string of the molecule is Cn1c(B(O)O)cnc1Cl. The van der Waals surface area contributed by atoms with E-state index in [1.54, 1.807) is 7.05 Å². The second kappa shape index (κ2) is 2.61. The van der Waals surface area contributed by atoms with Gasteiger partial charge in [0.1, 0.15) is 0 Å². The van der Waals surface area contributed by atoms with E-state index in [0.29, 0.717) is 0 Å². The summed E-state index contributed by atoms with van der Waals surface area (Å²) in [6.07, 6.45) is 1.31. The van der Waals surface area contributed by atoms with Crippen molar-refractivity contribution in [3.63, 3.8) is 0 Å². The monoisotopic (exact) mass is 160 g/mol. The molecule has 0 unspecified atom stereocenters. The van der Waals surface area contributed by atoms with Crippen LogP contribution in [0.5, 0.6) is 0 Å². The van der Waals surface area contributed by atoms with Gasteiger partial charge < -0.3 is 14.6 Å². The van der Waals surface area contributed by atoms with Gasteiger partial charge in [0.2, 0.25) is 5.28 Å². The second-order valence-electron chi connectivity index (χ2n) is 1.88. The standard InChI is InChI=1S/C4H6BClN2O2/c1-8-3(5(9)10)2-7-4(8)6/h2,9-10H,1H3. The number of rotatable bonds is 1. The molecule has 1 aromatic rings. The Morgan fingerprint density at radius 2 is 2.30 bits per heavy atom. The Balaban J connectivity index is 3.05. The van der Waals surface area contributed by atoms with Crippen LogP contribution < -0.4 is 5.59 Å². The minimum atomic E-state index is -1.51. The van der Waals surface area contributed by atoms with Crippen LogP contribution in [0.4, 0.5) is 0 Å². The van der Waals surface area contributed by atoms with E-state index in [1.807, 2.05) is 0 Å². The summed E-state index contributed by atoms with van der Waals surface area (Å²) >= 11 is 5.50. The van der Waals surface area contributed by atoms with E-state index < -0.39 is 7.12 Å². The first-order chi connectivity index (χ1) is 4.63. The number of hydrogen-bond donors (Lipinski definition) is 2. The molecule has 1 aromatic heterocycles. The number of hydrogen-bond acceptors (Lipinski definition) is 3.